The number of aryl methyl sites for hydroxylation is 2. The Bertz CT molecular complexity index is 672. The summed E-state index contributed by atoms with van der Waals surface area (Å²) in [6, 6.07) is 2.71. The third-order valence-corrected chi connectivity index (χ3v) is 5.90. The van der Waals surface area contributed by atoms with Gasteiger partial charge in [0, 0.05) is 24.7 Å². The standard InChI is InChI=1S/C13H19N3O4S/c1-9-5-10(2)13(6-12(9)16(17)18)21(19,20)15-4-3-11(7-14)8-15/h5-6,11H,3-4,7-8,14H2,1-2H3. The molecular formula is C13H19N3O4S. The molecular weight excluding hydrogens is 294 g/mol. The molecule has 1 atom stereocenters. The van der Waals surface area contributed by atoms with E-state index in [4.69, 9.17) is 5.73 Å². The molecule has 0 saturated carbocycles. The quantitative estimate of drug-likeness (QED) is 0.663. The van der Waals surface area contributed by atoms with Crippen molar-refractivity contribution in [3.05, 3.63) is 33.4 Å². The van der Waals surface area contributed by atoms with Crippen molar-refractivity contribution in [2.75, 3.05) is 19.6 Å². The summed E-state index contributed by atoms with van der Waals surface area (Å²) in [6.07, 6.45) is 0.725. The molecule has 1 heterocycles. The number of nitro benzene ring substituents is 1. The Morgan fingerprint density at radius 2 is 2.05 bits per heavy atom. The number of benzene rings is 1. The summed E-state index contributed by atoms with van der Waals surface area (Å²) >= 11 is 0. The van der Waals surface area contributed by atoms with Gasteiger partial charge >= 0.3 is 0 Å². The van der Waals surface area contributed by atoms with Crippen molar-refractivity contribution in [2.45, 2.75) is 25.2 Å². The van der Waals surface area contributed by atoms with Gasteiger partial charge in [-0.05, 0) is 44.4 Å². The maximum atomic E-state index is 12.7. The average molecular weight is 313 g/mol. The fourth-order valence-electron chi connectivity index (χ4n) is 2.64. The van der Waals surface area contributed by atoms with Crippen molar-refractivity contribution >= 4 is 15.7 Å². The number of rotatable bonds is 4. The number of nitro groups is 1. The van der Waals surface area contributed by atoms with E-state index in [1.165, 1.54) is 4.31 Å². The lowest BCUT2D eigenvalue weighted by atomic mass is 10.1. The third-order valence-electron chi connectivity index (χ3n) is 3.89. The molecule has 1 saturated heterocycles. The Hall–Kier alpha value is -1.51. The first-order valence-corrected chi connectivity index (χ1v) is 8.17. The molecule has 1 aromatic rings. The van der Waals surface area contributed by atoms with E-state index in [0.29, 0.717) is 30.8 Å². The highest BCUT2D eigenvalue weighted by Gasteiger charge is 2.34. The lowest BCUT2D eigenvalue weighted by molar-refractivity contribution is -0.385. The molecule has 0 aromatic heterocycles. The first-order valence-electron chi connectivity index (χ1n) is 6.73. The summed E-state index contributed by atoms with van der Waals surface area (Å²) in [5.41, 5.74) is 6.39. The maximum absolute atomic E-state index is 12.7. The van der Waals surface area contributed by atoms with Crippen molar-refractivity contribution in [3.63, 3.8) is 0 Å². The molecule has 0 bridgehead atoms. The molecule has 116 valence electrons. The summed E-state index contributed by atoms with van der Waals surface area (Å²) < 4.78 is 26.7. The van der Waals surface area contributed by atoms with Crippen LogP contribution in [0.5, 0.6) is 0 Å². The van der Waals surface area contributed by atoms with Gasteiger partial charge < -0.3 is 5.73 Å². The SMILES string of the molecule is Cc1cc(C)c(S(=O)(=O)N2CCC(CN)C2)cc1[N+](=O)[O-]. The molecule has 2 N–H and O–H groups in total. The van der Waals surface area contributed by atoms with Crippen LogP contribution in [0.25, 0.3) is 0 Å². The second-order valence-electron chi connectivity index (χ2n) is 5.41. The van der Waals surface area contributed by atoms with Gasteiger partial charge in [0.05, 0.1) is 9.82 Å². The lowest BCUT2D eigenvalue weighted by Crippen LogP contribution is -2.30. The van der Waals surface area contributed by atoms with Gasteiger partial charge in [-0.1, -0.05) is 0 Å². The Labute approximate surface area is 123 Å². The van der Waals surface area contributed by atoms with E-state index in [1.54, 1.807) is 19.9 Å². The molecule has 7 nitrogen and oxygen atoms in total. The van der Waals surface area contributed by atoms with E-state index in [1.807, 2.05) is 0 Å². The molecule has 0 amide bonds. The van der Waals surface area contributed by atoms with Crippen LogP contribution in [0.2, 0.25) is 0 Å². The van der Waals surface area contributed by atoms with Crippen LogP contribution < -0.4 is 5.73 Å². The maximum Gasteiger partial charge on any atom is 0.273 e. The third kappa shape index (κ3) is 2.92. The highest BCUT2D eigenvalue weighted by Crippen LogP contribution is 2.30. The normalized spacial score (nSPS) is 19.9. The van der Waals surface area contributed by atoms with Gasteiger partial charge in [0.1, 0.15) is 0 Å². The van der Waals surface area contributed by atoms with Crippen molar-refractivity contribution < 1.29 is 13.3 Å². The molecule has 8 heteroatoms. The van der Waals surface area contributed by atoms with E-state index >= 15 is 0 Å². The zero-order chi connectivity index (χ0) is 15.8. The summed E-state index contributed by atoms with van der Waals surface area (Å²) in [5, 5.41) is 11.0. The largest absolute Gasteiger partial charge is 0.330 e. The first-order chi connectivity index (χ1) is 9.77. The summed E-state index contributed by atoms with van der Waals surface area (Å²) in [4.78, 5) is 10.5. The lowest BCUT2D eigenvalue weighted by Gasteiger charge is -2.18. The second-order valence-corrected chi connectivity index (χ2v) is 7.32. The van der Waals surface area contributed by atoms with Crippen LogP contribution in [0.3, 0.4) is 0 Å². The molecule has 1 unspecified atom stereocenters. The van der Waals surface area contributed by atoms with Crippen molar-refractivity contribution in [3.8, 4) is 0 Å². The molecule has 0 aliphatic carbocycles. The highest BCUT2D eigenvalue weighted by atomic mass is 32.2. The number of nitrogens with zero attached hydrogens (tertiary/aromatic N) is 2. The fraction of sp³-hybridized carbons (Fsp3) is 0.538. The number of sulfonamides is 1. The summed E-state index contributed by atoms with van der Waals surface area (Å²) in [7, 11) is -3.71. The van der Waals surface area contributed by atoms with Crippen LogP contribution in [0.4, 0.5) is 5.69 Å². The van der Waals surface area contributed by atoms with E-state index < -0.39 is 14.9 Å². The van der Waals surface area contributed by atoms with Crippen molar-refractivity contribution in [1.82, 2.24) is 4.31 Å². The Balaban J connectivity index is 2.45. The zero-order valence-corrected chi connectivity index (χ0v) is 12.9. The van der Waals surface area contributed by atoms with Crippen molar-refractivity contribution in [1.29, 1.82) is 0 Å². The molecule has 1 aliphatic heterocycles. The minimum Gasteiger partial charge on any atom is -0.330 e. The van der Waals surface area contributed by atoms with Crippen LogP contribution in [-0.2, 0) is 10.0 Å². The summed E-state index contributed by atoms with van der Waals surface area (Å²) in [6.45, 7) is 4.48. The topological polar surface area (TPSA) is 107 Å². The second kappa shape index (κ2) is 5.70. The Morgan fingerprint density at radius 1 is 1.38 bits per heavy atom. The van der Waals surface area contributed by atoms with Gasteiger partial charge in [-0.25, -0.2) is 8.42 Å². The number of hydrogen-bond acceptors (Lipinski definition) is 5. The molecule has 1 fully saturated rings. The van der Waals surface area contributed by atoms with Gasteiger partial charge in [-0.3, -0.25) is 10.1 Å². The van der Waals surface area contributed by atoms with Crippen LogP contribution in [-0.4, -0.2) is 37.3 Å². The minimum absolute atomic E-state index is 0.0115. The van der Waals surface area contributed by atoms with Gasteiger partial charge in [0.2, 0.25) is 10.0 Å². The molecule has 2 rings (SSSR count). The van der Waals surface area contributed by atoms with Gasteiger partial charge in [0.15, 0.2) is 0 Å². The number of hydrogen-bond donors (Lipinski definition) is 1. The smallest absolute Gasteiger partial charge is 0.273 e. The monoisotopic (exact) mass is 313 g/mol. The van der Waals surface area contributed by atoms with Crippen LogP contribution in [0.15, 0.2) is 17.0 Å². The zero-order valence-electron chi connectivity index (χ0n) is 12.1. The van der Waals surface area contributed by atoms with Crippen molar-refractivity contribution in [2.24, 2.45) is 11.7 Å². The van der Waals surface area contributed by atoms with E-state index in [0.717, 1.165) is 12.5 Å². The molecule has 1 aromatic carbocycles. The predicted molar refractivity (Wildman–Crippen MR) is 78.5 cm³/mol. The van der Waals surface area contributed by atoms with Crippen LogP contribution >= 0.6 is 0 Å². The summed E-state index contributed by atoms with van der Waals surface area (Å²) in [5.74, 6) is 0.153. The van der Waals surface area contributed by atoms with Gasteiger partial charge in [-0.15, -0.1) is 0 Å². The Morgan fingerprint density at radius 3 is 2.57 bits per heavy atom. The highest BCUT2D eigenvalue weighted by molar-refractivity contribution is 7.89. The molecule has 21 heavy (non-hydrogen) atoms. The van der Waals surface area contributed by atoms with E-state index in [9.17, 15) is 18.5 Å². The molecule has 0 radical (unpaired) electrons. The average Bonchev–Trinajstić information content (AvgIpc) is 2.87. The van der Waals surface area contributed by atoms with Crippen LogP contribution in [0, 0.1) is 29.9 Å². The van der Waals surface area contributed by atoms with E-state index in [2.05, 4.69) is 0 Å². The van der Waals surface area contributed by atoms with Crippen LogP contribution in [0.1, 0.15) is 17.5 Å². The molecule has 0 spiro atoms. The van der Waals surface area contributed by atoms with E-state index in [-0.39, 0.29) is 16.5 Å². The Kier molecular flexibility index (Phi) is 4.31. The number of nitrogens with two attached hydrogens (primary N) is 1. The van der Waals surface area contributed by atoms with Gasteiger partial charge in [-0.2, -0.15) is 4.31 Å². The predicted octanol–water partition coefficient (Wildman–Crippen LogP) is 1.18. The fourth-order valence-corrected chi connectivity index (χ4v) is 4.40. The van der Waals surface area contributed by atoms with Gasteiger partial charge in [0.25, 0.3) is 5.69 Å². The minimum atomic E-state index is -3.71. The molecule has 1 aliphatic rings. The first kappa shape index (κ1) is 15.9.